The molecule has 13 heteroatoms. The van der Waals surface area contributed by atoms with E-state index in [2.05, 4.69) is 225 Å². The van der Waals surface area contributed by atoms with Gasteiger partial charge in [0.2, 0.25) is 8.32 Å². The van der Waals surface area contributed by atoms with Gasteiger partial charge in [0.05, 0.1) is 42.9 Å². The van der Waals surface area contributed by atoms with E-state index in [9.17, 15) is 9.90 Å². The Kier molecular flexibility index (Phi) is 20.2. The number of aliphatic hydroxyl groups excluding tert-OH is 1. The molecule has 1 heterocycles. The molecule has 0 radical (unpaired) electrons. The van der Waals surface area contributed by atoms with Crippen LogP contribution in [0.15, 0.2) is 113 Å². The highest BCUT2D eigenvalue weighted by molar-refractivity contribution is 6.99. The van der Waals surface area contributed by atoms with Gasteiger partial charge in [-0.15, -0.1) is 0 Å². The highest BCUT2D eigenvalue weighted by Crippen LogP contribution is 2.44. The zero-order valence-corrected chi connectivity index (χ0v) is 52.4. The molecular weight excluding hydrogens is 963 g/mol. The molecule has 0 spiro atoms. The summed E-state index contributed by atoms with van der Waals surface area (Å²) < 4.78 is 42.2. The van der Waals surface area contributed by atoms with Crippen molar-refractivity contribution in [2.24, 2.45) is 5.41 Å². The van der Waals surface area contributed by atoms with Crippen molar-refractivity contribution in [3.05, 3.63) is 120 Å². The summed E-state index contributed by atoms with van der Waals surface area (Å²) in [5, 5.41) is 15.1. The Bertz CT molecular complexity index is 2300. The number of carbonyl (C=O) groups excluding carboxylic acids is 1. The molecule has 0 saturated carbocycles. The zero-order valence-electron chi connectivity index (χ0n) is 48.4. The number of ether oxygens (including phenoxy) is 1. The molecule has 400 valence electrons. The van der Waals surface area contributed by atoms with Crippen LogP contribution < -0.4 is 15.6 Å². The number of hydrogen-bond donors (Lipinski definition) is 1. The molecule has 5 atom stereocenters. The fourth-order valence-corrected chi connectivity index (χ4v) is 18.7. The fraction of sp³-hybridized carbons (Fsp3) is 0.593. The molecule has 3 aromatic carbocycles. The van der Waals surface area contributed by atoms with Crippen molar-refractivity contribution in [2.75, 3.05) is 6.61 Å². The van der Waals surface area contributed by atoms with Gasteiger partial charge in [-0.25, -0.2) is 4.98 Å². The van der Waals surface area contributed by atoms with E-state index < -0.39 is 63.1 Å². The highest BCUT2D eigenvalue weighted by atomic mass is 28.4. The van der Waals surface area contributed by atoms with Crippen molar-refractivity contribution >= 4 is 54.8 Å². The van der Waals surface area contributed by atoms with E-state index in [4.69, 9.17) is 26.9 Å². The Balaban J connectivity index is 1.95. The number of oxazole rings is 1. The molecule has 0 fully saturated rings. The normalized spacial score (nSPS) is 16.4. The van der Waals surface area contributed by atoms with Crippen molar-refractivity contribution in [1.29, 1.82) is 0 Å². The van der Waals surface area contributed by atoms with Gasteiger partial charge in [0.25, 0.3) is 8.32 Å². The molecule has 4 aromatic rings. The van der Waals surface area contributed by atoms with Crippen LogP contribution >= 0.6 is 0 Å². The van der Waals surface area contributed by atoms with Crippen molar-refractivity contribution in [3.63, 3.8) is 0 Å². The van der Waals surface area contributed by atoms with Crippen molar-refractivity contribution in [3.8, 4) is 0 Å². The number of hydrogen-bond acceptors (Lipinski definition) is 9. The van der Waals surface area contributed by atoms with E-state index in [-0.39, 0.29) is 39.2 Å². The highest BCUT2D eigenvalue weighted by Gasteiger charge is 2.53. The Morgan fingerprint density at radius 2 is 1.11 bits per heavy atom. The van der Waals surface area contributed by atoms with Gasteiger partial charge in [-0.2, -0.15) is 0 Å². The third-order valence-electron chi connectivity index (χ3n) is 15.4. The lowest BCUT2D eigenvalue weighted by Crippen LogP contribution is -2.68. The Labute approximate surface area is 440 Å². The van der Waals surface area contributed by atoms with Gasteiger partial charge >= 0.3 is 5.97 Å². The Hall–Kier alpha value is -3.25. The van der Waals surface area contributed by atoms with Crippen LogP contribution in [0.2, 0.25) is 52.9 Å². The first-order valence-electron chi connectivity index (χ1n) is 26.2. The van der Waals surface area contributed by atoms with Crippen LogP contribution in [0.3, 0.4) is 0 Å². The lowest BCUT2D eigenvalue weighted by atomic mass is 9.97. The number of nitrogens with zero attached hydrogens (tertiary/aromatic N) is 1. The molecule has 1 N–H and O–H groups in total. The second-order valence-corrected chi connectivity index (χ2v) is 44.7. The summed E-state index contributed by atoms with van der Waals surface area (Å²) in [5.74, 6) is 0.0524. The van der Waals surface area contributed by atoms with Crippen LogP contribution in [0, 0.1) is 5.41 Å². The standard InChI is InChI=1S/C59H95NO8Si4/c1-44(41-65-71(21,58(11,12)13)48-31-25-22-26-32-48)37-51(68-72(59(14,15)16,49-33-27-23-28-34-49)50-35-29-24-30-36-50)52(67-70(19,20)57(8,9)10)40-47(66-69(17,18)56(5,6)7)38-46(61)39-53-60-45(42-63-53)43-64-54(62)55(2,3)4/h22-37,42,46-47,51-52,61H,38-41,43H2,1-21H3/b44-37+/t46?,47-,51+,52+,71?/m0/s1. The van der Waals surface area contributed by atoms with E-state index in [1.54, 1.807) is 0 Å². The molecule has 1 aromatic heterocycles. The molecule has 0 aliphatic carbocycles. The summed E-state index contributed by atoms with van der Waals surface area (Å²) in [4.78, 5) is 17.2. The average Bonchev–Trinajstić information content (AvgIpc) is 3.71. The average molecular weight is 1060 g/mol. The van der Waals surface area contributed by atoms with E-state index in [1.165, 1.54) is 21.8 Å². The first kappa shape index (κ1) is 61.3. The van der Waals surface area contributed by atoms with Gasteiger partial charge in [0.1, 0.15) is 18.6 Å². The molecule has 0 bridgehead atoms. The van der Waals surface area contributed by atoms with Crippen molar-refractivity contribution in [1.82, 2.24) is 4.98 Å². The van der Waals surface area contributed by atoms with E-state index in [0.717, 1.165) is 5.57 Å². The summed E-state index contributed by atoms with van der Waals surface area (Å²) >= 11 is 0. The maximum atomic E-state index is 12.5. The predicted octanol–water partition coefficient (Wildman–Crippen LogP) is 13.4. The molecule has 0 saturated heterocycles. The van der Waals surface area contributed by atoms with Gasteiger partial charge in [-0.3, -0.25) is 4.79 Å². The number of esters is 1. The molecule has 72 heavy (non-hydrogen) atoms. The van der Waals surface area contributed by atoms with Gasteiger partial charge in [0, 0.05) is 6.42 Å². The fourth-order valence-electron chi connectivity index (χ4n) is 8.49. The summed E-state index contributed by atoms with van der Waals surface area (Å²) in [6.07, 6.45) is 2.40. The predicted molar refractivity (Wildman–Crippen MR) is 308 cm³/mol. The summed E-state index contributed by atoms with van der Waals surface area (Å²) in [5.41, 5.74) is 0.920. The summed E-state index contributed by atoms with van der Waals surface area (Å²) in [7, 11) is -10.8. The molecule has 4 rings (SSSR count). The second kappa shape index (κ2) is 23.7. The largest absolute Gasteiger partial charge is 0.459 e. The van der Waals surface area contributed by atoms with Crippen LogP contribution in [0.1, 0.15) is 135 Å². The minimum atomic E-state index is -3.21. The smallest absolute Gasteiger partial charge is 0.311 e. The number of benzene rings is 3. The van der Waals surface area contributed by atoms with Gasteiger partial charge in [-0.1, -0.05) is 186 Å². The first-order valence-corrected chi connectivity index (χ1v) is 36.4. The lowest BCUT2D eigenvalue weighted by Gasteiger charge is -2.48. The number of rotatable bonds is 22. The van der Waals surface area contributed by atoms with E-state index >= 15 is 0 Å². The molecule has 0 aliphatic heterocycles. The van der Waals surface area contributed by atoms with Crippen molar-refractivity contribution in [2.45, 2.75) is 214 Å². The summed E-state index contributed by atoms with van der Waals surface area (Å²) in [6.45, 7) is 47.0. The van der Waals surface area contributed by atoms with Crippen molar-refractivity contribution < 1.29 is 36.8 Å². The van der Waals surface area contributed by atoms with Gasteiger partial charge in [-0.05, 0) is 103 Å². The van der Waals surface area contributed by atoms with Gasteiger partial charge < -0.3 is 32.0 Å². The minimum absolute atomic E-state index is 0.00609. The maximum absolute atomic E-state index is 12.5. The second-order valence-electron chi connectivity index (χ2n) is 26.5. The molecule has 0 aliphatic rings. The first-order chi connectivity index (χ1) is 32.9. The number of carbonyl (C=O) groups is 1. The molecule has 2 unspecified atom stereocenters. The van der Waals surface area contributed by atoms with Crippen LogP contribution in [0.5, 0.6) is 0 Å². The summed E-state index contributed by atoms with van der Waals surface area (Å²) in [6, 6.07) is 32.4. The Morgan fingerprint density at radius 3 is 1.56 bits per heavy atom. The minimum Gasteiger partial charge on any atom is -0.459 e. The third kappa shape index (κ3) is 15.7. The molecule has 0 amide bonds. The van der Waals surface area contributed by atoms with Crippen LogP contribution in [-0.2, 0) is 40.3 Å². The lowest BCUT2D eigenvalue weighted by molar-refractivity contribution is -0.154. The monoisotopic (exact) mass is 1060 g/mol. The zero-order chi connectivity index (χ0) is 54.4. The SMILES string of the molecule is C/C(=C\[C@@H](O[Si](c1ccccc1)(c1ccccc1)C(C)(C)C)[C@@H](C[C@H](CC(O)Cc1nc(COC(=O)C(C)(C)C)co1)O[Si](C)(C)C(C)(C)C)O[Si](C)(C)C(C)(C)C)CO[Si](C)(c1ccccc1)C(C)(C)C. The Morgan fingerprint density at radius 1 is 0.639 bits per heavy atom. The van der Waals surface area contributed by atoms with Crippen LogP contribution in [0.4, 0.5) is 0 Å². The van der Waals surface area contributed by atoms with E-state index in [0.29, 0.717) is 31.0 Å². The molecular formula is C59H95NO8Si4. The number of aliphatic hydroxyl groups is 1. The van der Waals surface area contributed by atoms with Gasteiger partial charge in [0.15, 0.2) is 22.5 Å². The topological polar surface area (TPSA) is 109 Å². The maximum Gasteiger partial charge on any atom is 0.311 e. The quantitative estimate of drug-likeness (QED) is 0.0467. The van der Waals surface area contributed by atoms with E-state index in [1.807, 2.05) is 20.8 Å². The van der Waals surface area contributed by atoms with Crippen LogP contribution in [-0.4, -0.2) is 80.4 Å². The molecule has 9 nitrogen and oxygen atoms in total. The number of aromatic nitrogens is 1. The third-order valence-corrected chi connectivity index (χ3v) is 34.5. The van der Waals surface area contributed by atoms with Crippen LogP contribution in [0.25, 0.3) is 0 Å².